The summed E-state index contributed by atoms with van der Waals surface area (Å²) in [6, 6.07) is 9.07. The molecule has 1 atom stereocenters. The van der Waals surface area contributed by atoms with Gasteiger partial charge in [-0.1, -0.05) is 30.0 Å². The number of hydrogen-bond acceptors (Lipinski definition) is 4. The predicted octanol–water partition coefficient (Wildman–Crippen LogP) is 1.17. The van der Waals surface area contributed by atoms with Crippen LogP contribution in [0.5, 0.6) is 0 Å². The van der Waals surface area contributed by atoms with Gasteiger partial charge in [0, 0.05) is 0 Å². The fourth-order valence-corrected chi connectivity index (χ4v) is 2.67. The first-order valence-electron chi connectivity index (χ1n) is 5.17. The number of carbonyl (C=O) groups excluding carboxylic acids is 1. The molecule has 0 bridgehead atoms. The molecule has 1 aliphatic heterocycles. The van der Waals surface area contributed by atoms with Gasteiger partial charge in [0.15, 0.2) is 5.16 Å². The highest BCUT2D eigenvalue weighted by Crippen LogP contribution is 2.28. The minimum Gasteiger partial charge on any atom is -0.273 e. The largest absolute Gasteiger partial charge is 0.358 e. The lowest BCUT2D eigenvalue weighted by atomic mass is 10.3. The van der Waals surface area contributed by atoms with E-state index in [2.05, 4.69) is 5.10 Å². The summed E-state index contributed by atoms with van der Waals surface area (Å²) in [6.07, 6.45) is 0. The second-order valence-electron chi connectivity index (χ2n) is 3.75. The third-order valence-electron chi connectivity index (χ3n) is 2.60. The second-order valence-corrected chi connectivity index (χ2v) is 5.05. The normalized spacial score (nSPS) is 18.4. The zero-order valence-electron chi connectivity index (χ0n) is 9.03. The van der Waals surface area contributed by atoms with E-state index in [0.717, 1.165) is 4.57 Å². The molecule has 17 heavy (non-hydrogen) atoms. The number of carbonyl (C=O) groups is 1. The molecule has 0 aliphatic carbocycles. The number of aromatic nitrogens is 3. The first-order valence-corrected chi connectivity index (χ1v) is 6.05. The van der Waals surface area contributed by atoms with Crippen molar-refractivity contribution in [2.45, 2.75) is 17.3 Å². The van der Waals surface area contributed by atoms with Crippen LogP contribution < -0.4 is 5.69 Å². The van der Waals surface area contributed by atoms with Gasteiger partial charge in [0.1, 0.15) is 0 Å². The van der Waals surface area contributed by atoms with Crippen molar-refractivity contribution in [3.8, 4) is 5.69 Å². The molecule has 0 spiro atoms. The molecule has 2 heterocycles. The molecule has 0 radical (unpaired) electrons. The van der Waals surface area contributed by atoms with E-state index < -0.39 is 5.69 Å². The van der Waals surface area contributed by atoms with Gasteiger partial charge in [-0.2, -0.15) is 4.68 Å². The third-order valence-corrected chi connectivity index (χ3v) is 3.63. The Hall–Kier alpha value is -1.82. The Balaban J connectivity index is 2.19. The monoisotopic (exact) mass is 247 g/mol. The maximum absolute atomic E-state index is 12.0. The zero-order valence-corrected chi connectivity index (χ0v) is 9.85. The Morgan fingerprint density at radius 1 is 1.24 bits per heavy atom. The van der Waals surface area contributed by atoms with Crippen LogP contribution in [0.3, 0.4) is 0 Å². The van der Waals surface area contributed by atoms with Gasteiger partial charge in [-0.25, -0.2) is 9.36 Å². The molecular formula is C11H9N3O2S. The SMILES string of the molecule is CC1Sc2nn(-c3ccccc3)c(=O)n2C1=O. The molecule has 5 nitrogen and oxygen atoms in total. The van der Waals surface area contributed by atoms with Gasteiger partial charge in [0.25, 0.3) is 0 Å². The molecule has 86 valence electrons. The van der Waals surface area contributed by atoms with Crippen LogP contribution in [-0.4, -0.2) is 25.5 Å². The van der Waals surface area contributed by atoms with Gasteiger partial charge >= 0.3 is 5.69 Å². The molecule has 6 heteroatoms. The molecular weight excluding hydrogens is 238 g/mol. The summed E-state index contributed by atoms with van der Waals surface area (Å²) >= 11 is 1.31. The van der Waals surface area contributed by atoms with Crippen molar-refractivity contribution in [1.82, 2.24) is 14.3 Å². The standard InChI is InChI=1S/C11H9N3O2S/c1-7-9(15)13-10(17-7)12-14(11(13)16)8-5-3-2-4-6-8/h2-7H,1H3. The number of rotatable bonds is 1. The van der Waals surface area contributed by atoms with Gasteiger partial charge in [0.2, 0.25) is 5.91 Å². The fraction of sp³-hybridized carbons (Fsp3) is 0.182. The molecule has 3 rings (SSSR count). The summed E-state index contributed by atoms with van der Waals surface area (Å²) in [4.78, 5) is 23.8. The highest BCUT2D eigenvalue weighted by molar-refractivity contribution is 8.00. The van der Waals surface area contributed by atoms with Crippen LogP contribution in [0.4, 0.5) is 0 Å². The van der Waals surface area contributed by atoms with Gasteiger partial charge < -0.3 is 0 Å². The van der Waals surface area contributed by atoms with Crippen LogP contribution in [0.25, 0.3) is 5.69 Å². The van der Waals surface area contributed by atoms with Gasteiger partial charge in [-0.15, -0.1) is 5.10 Å². The highest BCUT2D eigenvalue weighted by atomic mass is 32.2. The lowest BCUT2D eigenvalue weighted by molar-refractivity contribution is 0.0910. The Bertz CT molecular complexity index is 644. The molecule has 0 saturated heterocycles. The minimum absolute atomic E-state index is 0.197. The lowest BCUT2D eigenvalue weighted by Crippen LogP contribution is -2.30. The molecule has 1 unspecified atom stereocenters. The zero-order chi connectivity index (χ0) is 12.0. The highest BCUT2D eigenvalue weighted by Gasteiger charge is 2.33. The summed E-state index contributed by atoms with van der Waals surface area (Å²) in [5.74, 6) is -0.197. The first-order chi connectivity index (χ1) is 8.18. The van der Waals surface area contributed by atoms with Crippen LogP contribution in [0.2, 0.25) is 0 Å². The molecule has 0 amide bonds. The lowest BCUT2D eigenvalue weighted by Gasteiger charge is -1.99. The van der Waals surface area contributed by atoms with E-state index in [0.29, 0.717) is 10.8 Å². The van der Waals surface area contributed by atoms with Crippen LogP contribution >= 0.6 is 11.8 Å². The molecule has 0 fully saturated rings. The van der Waals surface area contributed by atoms with Crippen LogP contribution in [0.15, 0.2) is 40.3 Å². The van der Waals surface area contributed by atoms with Crippen molar-refractivity contribution < 1.29 is 4.79 Å². The quantitative estimate of drug-likeness (QED) is 0.759. The Labute approximate surface area is 101 Å². The number of benzene rings is 1. The maximum Gasteiger partial charge on any atom is 0.358 e. The Morgan fingerprint density at radius 3 is 2.59 bits per heavy atom. The molecule has 1 aromatic carbocycles. The van der Waals surface area contributed by atoms with Crippen molar-refractivity contribution in [2.24, 2.45) is 0 Å². The summed E-state index contributed by atoms with van der Waals surface area (Å²) in [5, 5.41) is 4.41. The van der Waals surface area contributed by atoms with E-state index in [4.69, 9.17) is 0 Å². The van der Waals surface area contributed by atoms with Crippen LogP contribution in [0.1, 0.15) is 11.7 Å². The second kappa shape index (κ2) is 3.59. The molecule has 2 aromatic rings. The van der Waals surface area contributed by atoms with E-state index in [1.54, 1.807) is 19.1 Å². The van der Waals surface area contributed by atoms with Crippen molar-refractivity contribution in [2.75, 3.05) is 0 Å². The molecule has 1 aliphatic rings. The minimum atomic E-state index is -0.395. The van der Waals surface area contributed by atoms with E-state index in [-0.39, 0.29) is 11.2 Å². The molecule has 1 aromatic heterocycles. The molecule has 0 saturated carbocycles. The summed E-state index contributed by atoms with van der Waals surface area (Å²) in [5.41, 5.74) is 0.272. The maximum atomic E-state index is 12.0. The van der Waals surface area contributed by atoms with Crippen molar-refractivity contribution >= 4 is 17.7 Å². The van der Waals surface area contributed by atoms with E-state index >= 15 is 0 Å². The van der Waals surface area contributed by atoms with Crippen molar-refractivity contribution in [3.05, 3.63) is 40.8 Å². The van der Waals surface area contributed by atoms with Crippen LogP contribution in [0, 0.1) is 0 Å². The van der Waals surface area contributed by atoms with E-state index in [9.17, 15) is 9.59 Å². The number of hydrogen-bond donors (Lipinski definition) is 0. The number of para-hydroxylation sites is 1. The third kappa shape index (κ3) is 1.44. The van der Waals surface area contributed by atoms with Crippen molar-refractivity contribution in [3.63, 3.8) is 0 Å². The number of nitrogens with zero attached hydrogens (tertiary/aromatic N) is 3. The van der Waals surface area contributed by atoms with Gasteiger partial charge in [-0.05, 0) is 19.1 Å². The summed E-state index contributed by atoms with van der Waals surface area (Å²) < 4.78 is 2.40. The van der Waals surface area contributed by atoms with E-state index in [1.165, 1.54) is 16.4 Å². The van der Waals surface area contributed by atoms with Gasteiger partial charge in [-0.3, -0.25) is 4.79 Å². The molecule has 0 N–H and O–H groups in total. The smallest absolute Gasteiger partial charge is 0.273 e. The number of fused-ring (bicyclic) bond motifs is 1. The summed E-state index contributed by atoms with van der Waals surface area (Å²) in [7, 11) is 0. The average molecular weight is 247 g/mol. The summed E-state index contributed by atoms with van der Waals surface area (Å²) in [6.45, 7) is 1.77. The Morgan fingerprint density at radius 2 is 1.94 bits per heavy atom. The Kier molecular flexibility index (Phi) is 2.19. The number of thioether (sulfide) groups is 1. The fourth-order valence-electron chi connectivity index (χ4n) is 1.74. The van der Waals surface area contributed by atoms with Crippen LogP contribution in [-0.2, 0) is 0 Å². The van der Waals surface area contributed by atoms with Gasteiger partial charge in [0.05, 0.1) is 10.9 Å². The predicted molar refractivity (Wildman–Crippen MR) is 63.8 cm³/mol. The topological polar surface area (TPSA) is 56.9 Å². The van der Waals surface area contributed by atoms with Crippen molar-refractivity contribution in [1.29, 1.82) is 0 Å². The van der Waals surface area contributed by atoms with E-state index in [1.807, 2.05) is 18.2 Å². The average Bonchev–Trinajstić information content (AvgIpc) is 2.80. The first kappa shape index (κ1) is 10.3.